The van der Waals surface area contributed by atoms with Gasteiger partial charge in [-0.2, -0.15) is 5.10 Å². The van der Waals surface area contributed by atoms with Crippen LogP contribution in [0.5, 0.6) is 0 Å². The van der Waals surface area contributed by atoms with Crippen LogP contribution in [0.1, 0.15) is 5.69 Å². The highest BCUT2D eigenvalue weighted by molar-refractivity contribution is 7.90. The smallest absolute Gasteiger partial charge is 0.175 e. The summed E-state index contributed by atoms with van der Waals surface area (Å²) in [6.45, 7) is 1.85. The second-order valence-corrected chi connectivity index (χ2v) is 8.39. The van der Waals surface area contributed by atoms with Crippen molar-refractivity contribution >= 4 is 9.84 Å². The average molecular weight is 397 g/mol. The van der Waals surface area contributed by atoms with Crippen molar-refractivity contribution in [3.8, 4) is 22.8 Å². The Morgan fingerprint density at radius 3 is 2.32 bits per heavy atom. The number of aromatic nitrogens is 5. The Labute approximate surface area is 161 Å². The van der Waals surface area contributed by atoms with Crippen LogP contribution in [0.2, 0.25) is 0 Å². The fourth-order valence-corrected chi connectivity index (χ4v) is 3.43. The molecule has 4 aromatic rings. The lowest BCUT2D eigenvalue weighted by molar-refractivity contribution is 0.602. The second-order valence-electron chi connectivity index (χ2n) is 6.38. The SMILES string of the molecule is Cc1cc(-n2cc(-c3ccc(F)cc3)nn2)n(-c2ccc(S(C)(=O)=O)cc2)n1. The van der Waals surface area contributed by atoms with E-state index in [9.17, 15) is 12.8 Å². The van der Waals surface area contributed by atoms with E-state index in [1.807, 2.05) is 13.0 Å². The third kappa shape index (κ3) is 3.44. The van der Waals surface area contributed by atoms with Crippen molar-refractivity contribution in [2.45, 2.75) is 11.8 Å². The number of halogens is 1. The maximum Gasteiger partial charge on any atom is 0.175 e. The summed E-state index contributed by atoms with van der Waals surface area (Å²) in [7, 11) is -3.27. The predicted octanol–water partition coefficient (Wildman–Crippen LogP) is 2.97. The number of rotatable bonds is 4. The molecule has 0 atom stereocenters. The standard InChI is InChI=1S/C19H16FN5O2S/c1-13-11-19(24-12-18(21-23-24)14-3-5-15(20)6-4-14)25(22-13)16-7-9-17(10-8-16)28(2,26)27/h3-12H,1-2H3. The minimum Gasteiger partial charge on any atom is -0.224 e. The molecule has 0 unspecified atom stereocenters. The van der Waals surface area contributed by atoms with E-state index < -0.39 is 9.84 Å². The third-order valence-corrected chi connectivity index (χ3v) is 5.32. The molecular weight excluding hydrogens is 381 g/mol. The van der Waals surface area contributed by atoms with Crippen molar-refractivity contribution in [2.75, 3.05) is 6.26 Å². The van der Waals surface area contributed by atoms with Crippen LogP contribution in [0.4, 0.5) is 4.39 Å². The summed E-state index contributed by atoms with van der Waals surface area (Å²) in [6, 6.07) is 14.3. The minimum atomic E-state index is -3.27. The van der Waals surface area contributed by atoms with Gasteiger partial charge in [-0.1, -0.05) is 5.21 Å². The molecule has 2 aromatic carbocycles. The summed E-state index contributed by atoms with van der Waals surface area (Å²) in [6.07, 6.45) is 2.89. The Balaban J connectivity index is 1.74. The van der Waals surface area contributed by atoms with Crippen LogP contribution in [0, 0.1) is 12.7 Å². The van der Waals surface area contributed by atoms with E-state index in [0.717, 1.165) is 17.5 Å². The largest absolute Gasteiger partial charge is 0.224 e. The highest BCUT2D eigenvalue weighted by atomic mass is 32.2. The van der Waals surface area contributed by atoms with E-state index in [1.54, 1.807) is 39.8 Å². The fraction of sp³-hybridized carbons (Fsp3) is 0.105. The average Bonchev–Trinajstić information content (AvgIpc) is 3.28. The van der Waals surface area contributed by atoms with Crippen molar-refractivity contribution in [1.82, 2.24) is 24.8 Å². The maximum absolute atomic E-state index is 13.1. The summed E-state index contributed by atoms with van der Waals surface area (Å²) < 4.78 is 39.7. The van der Waals surface area contributed by atoms with E-state index in [2.05, 4.69) is 15.4 Å². The second kappa shape index (κ2) is 6.68. The van der Waals surface area contributed by atoms with Crippen molar-refractivity contribution in [3.63, 3.8) is 0 Å². The third-order valence-electron chi connectivity index (χ3n) is 4.19. The molecule has 4 rings (SSSR count). The first-order valence-corrected chi connectivity index (χ1v) is 10.3. The van der Waals surface area contributed by atoms with E-state index in [4.69, 9.17) is 0 Å². The summed E-state index contributed by atoms with van der Waals surface area (Å²) in [5.41, 5.74) is 2.79. The molecule has 142 valence electrons. The molecule has 0 bridgehead atoms. The highest BCUT2D eigenvalue weighted by Crippen LogP contribution is 2.21. The number of benzene rings is 2. The van der Waals surface area contributed by atoms with Crippen LogP contribution < -0.4 is 0 Å². The maximum atomic E-state index is 13.1. The molecule has 9 heteroatoms. The number of aryl methyl sites for hydroxylation is 1. The van der Waals surface area contributed by atoms with Crippen LogP contribution in [0.25, 0.3) is 22.8 Å². The van der Waals surface area contributed by atoms with Gasteiger partial charge in [0.25, 0.3) is 0 Å². The van der Waals surface area contributed by atoms with Gasteiger partial charge in [-0.05, 0) is 55.5 Å². The number of hydrogen-bond donors (Lipinski definition) is 0. The first-order valence-electron chi connectivity index (χ1n) is 8.37. The number of hydrogen-bond acceptors (Lipinski definition) is 5. The summed E-state index contributed by atoms with van der Waals surface area (Å²) in [4.78, 5) is 0.237. The zero-order valence-corrected chi connectivity index (χ0v) is 15.9. The first-order chi connectivity index (χ1) is 13.3. The van der Waals surface area contributed by atoms with Gasteiger partial charge in [0.1, 0.15) is 11.5 Å². The molecule has 0 saturated heterocycles. The van der Waals surface area contributed by atoms with Crippen molar-refractivity contribution in [3.05, 3.63) is 72.3 Å². The molecule has 2 heterocycles. The van der Waals surface area contributed by atoms with Crippen molar-refractivity contribution in [2.24, 2.45) is 0 Å². The topological polar surface area (TPSA) is 82.7 Å². The van der Waals surface area contributed by atoms with Gasteiger partial charge in [0, 0.05) is 17.9 Å². The Hall–Kier alpha value is -3.33. The van der Waals surface area contributed by atoms with Gasteiger partial charge in [0.2, 0.25) is 0 Å². The van der Waals surface area contributed by atoms with Gasteiger partial charge in [0.05, 0.1) is 22.5 Å². The van der Waals surface area contributed by atoms with Crippen LogP contribution in [-0.4, -0.2) is 39.4 Å². The Morgan fingerprint density at radius 2 is 1.68 bits per heavy atom. The van der Waals surface area contributed by atoms with E-state index in [1.165, 1.54) is 24.3 Å². The normalized spacial score (nSPS) is 11.7. The molecular formula is C19H16FN5O2S. The van der Waals surface area contributed by atoms with Crippen LogP contribution in [0.3, 0.4) is 0 Å². The lowest BCUT2D eigenvalue weighted by Crippen LogP contribution is -2.06. The lowest BCUT2D eigenvalue weighted by atomic mass is 10.2. The van der Waals surface area contributed by atoms with Gasteiger partial charge in [-0.25, -0.2) is 22.2 Å². The molecule has 2 aromatic heterocycles. The van der Waals surface area contributed by atoms with Crippen LogP contribution in [-0.2, 0) is 9.84 Å². The zero-order valence-electron chi connectivity index (χ0n) is 15.1. The molecule has 0 radical (unpaired) electrons. The van der Waals surface area contributed by atoms with E-state index >= 15 is 0 Å². The molecule has 0 N–H and O–H groups in total. The molecule has 0 saturated carbocycles. The lowest BCUT2D eigenvalue weighted by Gasteiger charge is -2.07. The van der Waals surface area contributed by atoms with Crippen molar-refractivity contribution < 1.29 is 12.8 Å². The Bertz CT molecular complexity index is 1240. The van der Waals surface area contributed by atoms with Crippen LogP contribution in [0.15, 0.2) is 65.7 Å². The summed E-state index contributed by atoms with van der Waals surface area (Å²) in [5.74, 6) is 0.327. The molecule has 0 fully saturated rings. The zero-order chi connectivity index (χ0) is 19.9. The summed E-state index contributed by atoms with van der Waals surface area (Å²) in [5, 5.41) is 12.8. The molecule has 7 nitrogen and oxygen atoms in total. The fourth-order valence-electron chi connectivity index (χ4n) is 2.80. The first kappa shape index (κ1) is 18.1. The van der Waals surface area contributed by atoms with Gasteiger partial charge in [0.15, 0.2) is 15.7 Å². The molecule has 0 amide bonds. The molecule has 0 aliphatic heterocycles. The van der Waals surface area contributed by atoms with Gasteiger partial charge < -0.3 is 0 Å². The predicted molar refractivity (Wildman–Crippen MR) is 102 cm³/mol. The Kier molecular flexibility index (Phi) is 4.31. The van der Waals surface area contributed by atoms with E-state index in [-0.39, 0.29) is 10.7 Å². The quantitative estimate of drug-likeness (QED) is 0.529. The number of nitrogens with zero attached hydrogens (tertiary/aromatic N) is 5. The molecule has 0 aliphatic carbocycles. The molecule has 0 spiro atoms. The molecule has 28 heavy (non-hydrogen) atoms. The Morgan fingerprint density at radius 1 is 1.00 bits per heavy atom. The minimum absolute atomic E-state index is 0.237. The van der Waals surface area contributed by atoms with Gasteiger partial charge in [-0.15, -0.1) is 5.10 Å². The molecule has 0 aliphatic rings. The summed E-state index contributed by atoms with van der Waals surface area (Å²) >= 11 is 0. The van der Waals surface area contributed by atoms with Crippen molar-refractivity contribution in [1.29, 1.82) is 0 Å². The monoisotopic (exact) mass is 397 g/mol. The van der Waals surface area contributed by atoms with Gasteiger partial charge in [-0.3, -0.25) is 0 Å². The number of sulfone groups is 1. The van der Waals surface area contributed by atoms with Gasteiger partial charge >= 0.3 is 0 Å². The van der Waals surface area contributed by atoms with Crippen LogP contribution >= 0.6 is 0 Å². The van der Waals surface area contributed by atoms with E-state index in [0.29, 0.717) is 17.2 Å². The highest BCUT2D eigenvalue weighted by Gasteiger charge is 2.14.